The number of para-hydroxylation sites is 1. The highest BCUT2D eigenvalue weighted by Gasteiger charge is 2.22. The SMILES string of the molecule is COc1ccc(-c2[nH]c3ccccc3c2CC(=O)O)c(OC)c1OC. The summed E-state index contributed by atoms with van der Waals surface area (Å²) in [5.41, 5.74) is 2.98. The zero-order valence-electron chi connectivity index (χ0n) is 14.3. The molecule has 0 radical (unpaired) electrons. The van der Waals surface area contributed by atoms with Crippen molar-refractivity contribution in [1.82, 2.24) is 4.98 Å². The van der Waals surface area contributed by atoms with Crippen LogP contribution in [0.3, 0.4) is 0 Å². The van der Waals surface area contributed by atoms with Gasteiger partial charge in [-0.05, 0) is 23.8 Å². The molecule has 0 aliphatic rings. The molecule has 2 aromatic carbocycles. The van der Waals surface area contributed by atoms with E-state index in [0.717, 1.165) is 10.9 Å². The molecule has 0 unspecified atom stereocenters. The molecule has 25 heavy (non-hydrogen) atoms. The van der Waals surface area contributed by atoms with Gasteiger partial charge in [0.25, 0.3) is 0 Å². The Morgan fingerprint density at radius 1 is 1.00 bits per heavy atom. The number of rotatable bonds is 6. The fourth-order valence-corrected chi connectivity index (χ4v) is 3.06. The Kier molecular flexibility index (Phi) is 4.52. The summed E-state index contributed by atoms with van der Waals surface area (Å²) in [6.07, 6.45) is -0.100. The first-order chi connectivity index (χ1) is 12.1. The van der Waals surface area contributed by atoms with Gasteiger partial charge in [-0.15, -0.1) is 0 Å². The number of aliphatic carboxylic acids is 1. The number of methoxy groups -OCH3 is 3. The number of carboxylic acid groups (broad SMARTS) is 1. The highest BCUT2D eigenvalue weighted by atomic mass is 16.5. The number of hydrogen-bond acceptors (Lipinski definition) is 4. The Morgan fingerprint density at radius 2 is 1.72 bits per heavy atom. The van der Waals surface area contributed by atoms with Crippen molar-refractivity contribution in [3.63, 3.8) is 0 Å². The second-order valence-corrected chi connectivity index (χ2v) is 5.48. The van der Waals surface area contributed by atoms with E-state index in [1.807, 2.05) is 30.3 Å². The van der Waals surface area contributed by atoms with Gasteiger partial charge in [-0.1, -0.05) is 18.2 Å². The third-order valence-corrected chi connectivity index (χ3v) is 4.12. The summed E-state index contributed by atoms with van der Waals surface area (Å²) in [4.78, 5) is 14.7. The van der Waals surface area contributed by atoms with Crippen molar-refractivity contribution in [3.05, 3.63) is 42.0 Å². The van der Waals surface area contributed by atoms with Gasteiger partial charge in [0.1, 0.15) is 0 Å². The highest BCUT2D eigenvalue weighted by Crippen LogP contribution is 2.45. The van der Waals surface area contributed by atoms with Crippen molar-refractivity contribution in [2.75, 3.05) is 21.3 Å². The molecule has 6 nitrogen and oxygen atoms in total. The molecule has 1 aromatic heterocycles. The maximum Gasteiger partial charge on any atom is 0.307 e. The van der Waals surface area contributed by atoms with Crippen LogP contribution in [0.5, 0.6) is 17.2 Å². The summed E-state index contributed by atoms with van der Waals surface area (Å²) in [5.74, 6) is 0.590. The van der Waals surface area contributed by atoms with Crippen molar-refractivity contribution < 1.29 is 24.1 Å². The van der Waals surface area contributed by atoms with Crippen LogP contribution < -0.4 is 14.2 Å². The van der Waals surface area contributed by atoms with Crippen LogP contribution in [0.15, 0.2) is 36.4 Å². The summed E-state index contributed by atoms with van der Waals surface area (Å²) in [6, 6.07) is 11.2. The van der Waals surface area contributed by atoms with E-state index in [9.17, 15) is 9.90 Å². The number of carbonyl (C=O) groups is 1. The lowest BCUT2D eigenvalue weighted by Gasteiger charge is -2.16. The second-order valence-electron chi connectivity index (χ2n) is 5.48. The molecule has 0 aliphatic carbocycles. The second kappa shape index (κ2) is 6.76. The van der Waals surface area contributed by atoms with Gasteiger partial charge in [-0.25, -0.2) is 0 Å². The van der Waals surface area contributed by atoms with Crippen LogP contribution in [0.25, 0.3) is 22.2 Å². The maximum atomic E-state index is 11.4. The number of nitrogens with one attached hydrogen (secondary N) is 1. The van der Waals surface area contributed by atoms with Crippen LogP contribution >= 0.6 is 0 Å². The van der Waals surface area contributed by atoms with Crippen molar-refractivity contribution in [2.24, 2.45) is 0 Å². The fourth-order valence-electron chi connectivity index (χ4n) is 3.06. The smallest absolute Gasteiger partial charge is 0.307 e. The first kappa shape index (κ1) is 16.7. The summed E-state index contributed by atoms with van der Waals surface area (Å²) in [6.45, 7) is 0. The predicted molar refractivity (Wildman–Crippen MR) is 94.7 cm³/mol. The van der Waals surface area contributed by atoms with Crippen LogP contribution in [0.2, 0.25) is 0 Å². The van der Waals surface area contributed by atoms with Gasteiger partial charge in [0.2, 0.25) is 5.75 Å². The zero-order chi connectivity index (χ0) is 18.0. The molecule has 2 N–H and O–H groups in total. The maximum absolute atomic E-state index is 11.4. The Labute approximate surface area is 145 Å². The van der Waals surface area contributed by atoms with Crippen LogP contribution in [0.1, 0.15) is 5.56 Å². The molecule has 0 bridgehead atoms. The summed E-state index contributed by atoms with van der Waals surface area (Å²) in [7, 11) is 4.63. The molecular formula is C19H19NO5. The monoisotopic (exact) mass is 341 g/mol. The highest BCUT2D eigenvalue weighted by molar-refractivity contribution is 5.95. The molecule has 0 atom stereocenters. The van der Waals surface area contributed by atoms with Gasteiger partial charge in [-0.3, -0.25) is 4.79 Å². The van der Waals surface area contributed by atoms with Gasteiger partial charge in [0.05, 0.1) is 33.4 Å². The molecule has 0 aliphatic heterocycles. The Morgan fingerprint density at radius 3 is 2.36 bits per heavy atom. The van der Waals surface area contributed by atoms with Gasteiger partial charge in [-0.2, -0.15) is 0 Å². The normalized spacial score (nSPS) is 10.7. The van der Waals surface area contributed by atoms with E-state index in [4.69, 9.17) is 14.2 Å². The van der Waals surface area contributed by atoms with E-state index in [-0.39, 0.29) is 6.42 Å². The van der Waals surface area contributed by atoms with Crippen molar-refractivity contribution in [2.45, 2.75) is 6.42 Å². The number of ether oxygens (including phenoxy) is 3. The lowest BCUT2D eigenvalue weighted by atomic mass is 10.0. The minimum atomic E-state index is -0.898. The van der Waals surface area contributed by atoms with E-state index in [0.29, 0.717) is 34.1 Å². The first-order valence-corrected chi connectivity index (χ1v) is 7.71. The van der Waals surface area contributed by atoms with E-state index >= 15 is 0 Å². The Bertz CT molecular complexity index is 929. The lowest BCUT2D eigenvalue weighted by molar-refractivity contribution is -0.136. The quantitative estimate of drug-likeness (QED) is 0.717. The third kappa shape index (κ3) is 2.87. The van der Waals surface area contributed by atoms with Crippen LogP contribution in [-0.2, 0) is 11.2 Å². The minimum absolute atomic E-state index is 0.100. The molecule has 3 rings (SSSR count). The minimum Gasteiger partial charge on any atom is -0.493 e. The third-order valence-electron chi connectivity index (χ3n) is 4.12. The van der Waals surface area contributed by atoms with E-state index < -0.39 is 5.97 Å². The van der Waals surface area contributed by atoms with Crippen LogP contribution in [-0.4, -0.2) is 37.4 Å². The number of fused-ring (bicyclic) bond motifs is 1. The van der Waals surface area contributed by atoms with E-state index in [2.05, 4.69) is 4.98 Å². The lowest BCUT2D eigenvalue weighted by Crippen LogP contribution is -2.02. The molecular weight excluding hydrogens is 322 g/mol. The molecule has 0 spiro atoms. The number of carboxylic acids is 1. The van der Waals surface area contributed by atoms with Crippen molar-refractivity contribution in [3.8, 4) is 28.5 Å². The molecule has 1 heterocycles. The van der Waals surface area contributed by atoms with Gasteiger partial charge < -0.3 is 24.3 Å². The molecule has 0 saturated carbocycles. The Balaban J connectivity index is 2.31. The largest absolute Gasteiger partial charge is 0.493 e. The standard InChI is InChI=1S/C19H19NO5/c1-23-15-9-8-12(18(24-2)19(15)25-3)17-13(10-16(21)22)11-6-4-5-7-14(11)20-17/h4-9,20H,10H2,1-3H3,(H,21,22). The van der Waals surface area contributed by atoms with Crippen molar-refractivity contribution in [1.29, 1.82) is 0 Å². The molecule has 0 amide bonds. The van der Waals surface area contributed by atoms with Crippen LogP contribution in [0.4, 0.5) is 0 Å². The van der Waals surface area contributed by atoms with Gasteiger partial charge in [0, 0.05) is 16.5 Å². The van der Waals surface area contributed by atoms with Crippen molar-refractivity contribution >= 4 is 16.9 Å². The molecule has 6 heteroatoms. The number of aromatic amines is 1. The van der Waals surface area contributed by atoms with E-state index in [1.54, 1.807) is 20.3 Å². The molecule has 130 valence electrons. The average molecular weight is 341 g/mol. The zero-order valence-corrected chi connectivity index (χ0v) is 14.3. The summed E-state index contributed by atoms with van der Waals surface area (Å²) < 4.78 is 16.3. The van der Waals surface area contributed by atoms with Gasteiger partial charge >= 0.3 is 5.97 Å². The molecule has 0 saturated heterocycles. The molecule has 3 aromatic rings. The first-order valence-electron chi connectivity index (χ1n) is 7.71. The number of benzene rings is 2. The van der Waals surface area contributed by atoms with E-state index in [1.165, 1.54) is 7.11 Å². The molecule has 0 fully saturated rings. The summed E-state index contributed by atoms with van der Waals surface area (Å²) in [5, 5.41) is 10.2. The number of hydrogen-bond donors (Lipinski definition) is 2. The average Bonchev–Trinajstić information content (AvgIpc) is 2.98. The topological polar surface area (TPSA) is 80.8 Å². The fraction of sp³-hybridized carbons (Fsp3) is 0.211. The van der Waals surface area contributed by atoms with Gasteiger partial charge in [0.15, 0.2) is 11.5 Å². The number of aromatic nitrogens is 1. The Hall–Kier alpha value is -3.15. The summed E-state index contributed by atoms with van der Waals surface area (Å²) >= 11 is 0. The predicted octanol–water partition coefficient (Wildman–Crippen LogP) is 3.49. The number of H-pyrrole nitrogens is 1. The van der Waals surface area contributed by atoms with Crippen LogP contribution in [0, 0.1) is 0 Å².